The number of halogens is 1. The summed E-state index contributed by atoms with van der Waals surface area (Å²) in [6, 6.07) is 12.9. The average molecular weight is 473 g/mol. The van der Waals surface area contributed by atoms with Crippen LogP contribution in [0, 0.1) is 0 Å². The van der Waals surface area contributed by atoms with E-state index in [9.17, 15) is 19.2 Å². The number of ether oxygens (including phenoxy) is 1. The van der Waals surface area contributed by atoms with Gasteiger partial charge in [-0.15, -0.1) is 0 Å². The lowest BCUT2D eigenvalue weighted by Gasteiger charge is -2.26. The molecule has 3 rings (SSSR count). The summed E-state index contributed by atoms with van der Waals surface area (Å²) in [5.41, 5.74) is -0.262. The number of hydrogen-bond donors (Lipinski definition) is 2. The predicted octanol–water partition coefficient (Wildman–Crippen LogP) is 2.60. The molecule has 0 spiro atoms. The summed E-state index contributed by atoms with van der Waals surface area (Å²) in [6.07, 6.45) is 0.296. The quantitative estimate of drug-likeness (QED) is 0.574. The lowest BCUT2D eigenvalue weighted by Crippen LogP contribution is -2.46. The van der Waals surface area contributed by atoms with Gasteiger partial charge in [0, 0.05) is 7.05 Å². The number of methoxy groups -OCH3 is 1. The molecule has 0 aromatic heterocycles. The molecule has 1 aliphatic heterocycles. The molecule has 0 bridgehead atoms. The van der Waals surface area contributed by atoms with Crippen LogP contribution in [-0.2, 0) is 19.9 Å². The zero-order valence-corrected chi connectivity index (χ0v) is 19.3. The smallest absolute Gasteiger partial charge is 0.325 e. The van der Waals surface area contributed by atoms with E-state index in [0.29, 0.717) is 28.4 Å². The van der Waals surface area contributed by atoms with E-state index in [1.165, 1.54) is 14.2 Å². The first-order valence-electron chi connectivity index (χ1n) is 10.3. The fourth-order valence-electron chi connectivity index (χ4n) is 3.60. The summed E-state index contributed by atoms with van der Waals surface area (Å²) in [5.74, 6) is -0.931. The molecule has 1 saturated heterocycles. The van der Waals surface area contributed by atoms with Crippen molar-refractivity contribution in [3.63, 3.8) is 0 Å². The number of carbonyl (C=O) groups is 4. The molecule has 1 heterocycles. The number of carbonyl (C=O) groups excluding carboxylic acids is 4. The van der Waals surface area contributed by atoms with Gasteiger partial charge >= 0.3 is 6.03 Å². The first-order chi connectivity index (χ1) is 15.7. The average Bonchev–Trinajstić information content (AvgIpc) is 3.05. The summed E-state index contributed by atoms with van der Waals surface area (Å²) >= 11 is 6.03. The Morgan fingerprint density at radius 3 is 2.42 bits per heavy atom. The molecule has 1 aliphatic rings. The van der Waals surface area contributed by atoms with E-state index >= 15 is 0 Å². The van der Waals surface area contributed by atoms with Gasteiger partial charge in [0.15, 0.2) is 0 Å². The molecule has 0 aliphatic carbocycles. The minimum absolute atomic E-state index is 0.273. The van der Waals surface area contributed by atoms with E-state index in [4.69, 9.17) is 16.3 Å². The van der Waals surface area contributed by atoms with Gasteiger partial charge in [-0.05, 0) is 36.2 Å². The molecule has 2 N–H and O–H groups in total. The van der Waals surface area contributed by atoms with Crippen LogP contribution in [0.3, 0.4) is 0 Å². The van der Waals surface area contributed by atoms with E-state index in [0.717, 1.165) is 9.80 Å². The second kappa shape index (κ2) is 9.91. The predicted molar refractivity (Wildman–Crippen MR) is 123 cm³/mol. The van der Waals surface area contributed by atoms with Gasteiger partial charge in [-0.1, -0.05) is 42.8 Å². The third-order valence-electron chi connectivity index (χ3n) is 5.54. The van der Waals surface area contributed by atoms with Crippen molar-refractivity contribution >= 4 is 41.0 Å². The van der Waals surface area contributed by atoms with Crippen LogP contribution in [0.1, 0.15) is 18.9 Å². The van der Waals surface area contributed by atoms with Crippen molar-refractivity contribution in [2.24, 2.45) is 0 Å². The Kier molecular flexibility index (Phi) is 7.23. The third-order valence-corrected chi connectivity index (χ3v) is 5.87. The highest BCUT2D eigenvalue weighted by Crippen LogP contribution is 2.33. The number of nitrogens with one attached hydrogen (secondary N) is 2. The molecular weight excluding hydrogens is 448 g/mol. The third kappa shape index (κ3) is 4.93. The van der Waals surface area contributed by atoms with Gasteiger partial charge in [0.05, 0.1) is 24.4 Å². The van der Waals surface area contributed by atoms with E-state index < -0.39 is 35.8 Å². The Morgan fingerprint density at radius 2 is 1.82 bits per heavy atom. The van der Waals surface area contributed by atoms with Crippen molar-refractivity contribution in [2.75, 3.05) is 32.6 Å². The van der Waals surface area contributed by atoms with Crippen LogP contribution < -0.4 is 15.4 Å². The number of nitrogens with zero attached hydrogens (tertiary/aromatic N) is 2. The van der Waals surface area contributed by atoms with Gasteiger partial charge in [-0.2, -0.15) is 0 Å². The Balaban J connectivity index is 1.67. The summed E-state index contributed by atoms with van der Waals surface area (Å²) < 4.78 is 5.15. The summed E-state index contributed by atoms with van der Waals surface area (Å²) in [4.78, 5) is 52.9. The molecule has 5 amide bonds. The van der Waals surface area contributed by atoms with Gasteiger partial charge < -0.3 is 20.3 Å². The molecule has 9 nitrogen and oxygen atoms in total. The molecular formula is C23H25ClN4O5. The molecule has 2 aromatic rings. The van der Waals surface area contributed by atoms with Crippen molar-refractivity contribution in [1.82, 2.24) is 15.1 Å². The molecule has 2 aromatic carbocycles. The number of rotatable bonds is 8. The number of anilines is 1. The molecule has 1 atom stereocenters. The lowest BCUT2D eigenvalue weighted by atomic mass is 9.87. The van der Waals surface area contributed by atoms with Crippen LogP contribution in [-0.4, -0.2) is 60.8 Å². The minimum atomic E-state index is -1.27. The van der Waals surface area contributed by atoms with Gasteiger partial charge in [-0.25, -0.2) is 4.79 Å². The monoisotopic (exact) mass is 472 g/mol. The topological polar surface area (TPSA) is 108 Å². The fourth-order valence-corrected chi connectivity index (χ4v) is 3.78. The second-order valence-electron chi connectivity index (χ2n) is 7.59. The van der Waals surface area contributed by atoms with E-state index in [-0.39, 0.29) is 6.54 Å². The molecule has 0 saturated carbocycles. The highest BCUT2D eigenvalue weighted by Gasteiger charge is 2.51. The second-order valence-corrected chi connectivity index (χ2v) is 7.99. The van der Waals surface area contributed by atoms with E-state index in [1.54, 1.807) is 55.5 Å². The number of hydrogen-bond acceptors (Lipinski definition) is 5. The minimum Gasteiger partial charge on any atom is -0.497 e. The SMILES string of the molecule is CC[C@@]1(c2ccc(OC)cc2)NC(=O)N(CC(=O)N(C)CC(=O)Nc2ccccc2Cl)C1=O. The molecule has 1 fully saturated rings. The fraction of sp³-hybridized carbons (Fsp3) is 0.304. The number of likely N-dealkylation sites (N-methyl/N-ethyl adjacent to an activating group) is 1. The van der Waals surface area contributed by atoms with Crippen LogP contribution in [0.4, 0.5) is 10.5 Å². The number of amides is 5. The summed E-state index contributed by atoms with van der Waals surface area (Å²) in [6.45, 7) is 1.02. The Labute approximate surface area is 196 Å². The van der Waals surface area contributed by atoms with E-state index in [2.05, 4.69) is 10.6 Å². The molecule has 0 unspecified atom stereocenters. The van der Waals surface area contributed by atoms with Crippen molar-refractivity contribution in [3.05, 3.63) is 59.1 Å². The number of urea groups is 1. The highest BCUT2D eigenvalue weighted by molar-refractivity contribution is 6.33. The molecule has 174 valence electrons. The zero-order chi connectivity index (χ0) is 24.2. The normalized spacial score (nSPS) is 17.5. The molecule has 10 heteroatoms. The Morgan fingerprint density at radius 1 is 1.15 bits per heavy atom. The standard InChI is InChI=1S/C23H25ClN4O5/c1-4-23(15-9-11-16(33-3)12-10-15)21(31)28(22(32)26-23)14-20(30)27(2)13-19(29)25-18-8-6-5-7-17(18)24/h5-12H,4,13-14H2,1-3H3,(H,25,29)(H,26,32)/t23-/m0/s1. The largest absolute Gasteiger partial charge is 0.497 e. The lowest BCUT2D eigenvalue weighted by molar-refractivity contribution is -0.139. The Bertz CT molecular complexity index is 1070. The van der Waals surface area contributed by atoms with Gasteiger partial charge in [0.25, 0.3) is 5.91 Å². The van der Waals surface area contributed by atoms with Crippen LogP contribution in [0.5, 0.6) is 5.75 Å². The van der Waals surface area contributed by atoms with Gasteiger partial charge in [0.2, 0.25) is 11.8 Å². The summed E-state index contributed by atoms with van der Waals surface area (Å²) in [5, 5.41) is 5.72. The van der Waals surface area contributed by atoms with Crippen LogP contribution in [0.15, 0.2) is 48.5 Å². The molecule has 0 radical (unpaired) electrons. The first kappa shape index (κ1) is 24.1. The maximum atomic E-state index is 13.2. The van der Waals surface area contributed by atoms with Gasteiger partial charge in [-0.3, -0.25) is 19.3 Å². The highest BCUT2D eigenvalue weighted by atomic mass is 35.5. The zero-order valence-electron chi connectivity index (χ0n) is 18.6. The van der Waals surface area contributed by atoms with Crippen LogP contribution in [0.25, 0.3) is 0 Å². The molecule has 33 heavy (non-hydrogen) atoms. The van der Waals surface area contributed by atoms with E-state index in [1.807, 2.05) is 0 Å². The van der Waals surface area contributed by atoms with Crippen LogP contribution in [0.2, 0.25) is 5.02 Å². The maximum absolute atomic E-state index is 13.2. The number of imide groups is 1. The van der Waals surface area contributed by atoms with Crippen molar-refractivity contribution in [2.45, 2.75) is 18.9 Å². The maximum Gasteiger partial charge on any atom is 0.325 e. The number of para-hydroxylation sites is 1. The first-order valence-corrected chi connectivity index (χ1v) is 10.7. The van der Waals surface area contributed by atoms with Crippen molar-refractivity contribution in [3.8, 4) is 5.75 Å². The van der Waals surface area contributed by atoms with Crippen molar-refractivity contribution < 1.29 is 23.9 Å². The van der Waals surface area contributed by atoms with Crippen LogP contribution >= 0.6 is 11.6 Å². The van der Waals surface area contributed by atoms with Gasteiger partial charge in [0.1, 0.15) is 17.8 Å². The Hall–Kier alpha value is -3.59. The van der Waals surface area contributed by atoms with Crippen molar-refractivity contribution in [1.29, 1.82) is 0 Å². The number of benzene rings is 2. The summed E-state index contributed by atoms with van der Waals surface area (Å²) in [7, 11) is 2.95.